The number of aliphatic hydroxyl groups is 1. The van der Waals surface area contributed by atoms with Gasteiger partial charge in [0.05, 0.1) is 17.7 Å². The molecule has 2 aromatic carbocycles. The fourth-order valence-electron chi connectivity index (χ4n) is 1.77. The number of phenolic OH excluding ortho intramolecular Hbond substituents is 2. The summed E-state index contributed by atoms with van der Waals surface area (Å²) < 4.78 is 5.13. The smallest absolute Gasteiger partial charge is 0.200 e. The van der Waals surface area contributed by atoms with Gasteiger partial charge in [-0.1, -0.05) is 12.1 Å². The Hall–Kier alpha value is -2.53. The zero-order chi connectivity index (χ0) is 14.5. The molecule has 3 N–H and O–H groups in total. The number of benzene rings is 2. The first-order chi connectivity index (χ1) is 9.63. The molecule has 0 amide bonds. The Labute approximate surface area is 115 Å². The van der Waals surface area contributed by atoms with Gasteiger partial charge >= 0.3 is 0 Å². The SMILES string of the molecule is O=C(c1ccccc1O)c1ccc(OCCO)cc1O. The van der Waals surface area contributed by atoms with E-state index < -0.39 is 5.78 Å². The lowest BCUT2D eigenvalue weighted by atomic mass is 10.0. The van der Waals surface area contributed by atoms with Crippen LogP contribution in [-0.2, 0) is 0 Å². The molecule has 2 aromatic rings. The van der Waals surface area contributed by atoms with Gasteiger partial charge in [-0.2, -0.15) is 0 Å². The van der Waals surface area contributed by atoms with E-state index >= 15 is 0 Å². The van der Waals surface area contributed by atoms with Gasteiger partial charge in [0, 0.05) is 6.07 Å². The third-order valence-corrected chi connectivity index (χ3v) is 2.72. The molecule has 5 heteroatoms. The number of hydrogen-bond donors (Lipinski definition) is 3. The van der Waals surface area contributed by atoms with Crippen LogP contribution in [0, 0.1) is 0 Å². The van der Waals surface area contributed by atoms with Crippen molar-refractivity contribution in [3.63, 3.8) is 0 Å². The maximum atomic E-state index is 12.2. The van der Waals surface area contributed by atoms with Crippen LogP contribution in [-0.4, -0.2) is 34.3 Å². The van der Waals surface area contributed by atoms with Crippen LogP contribution in [0.2, 0.25) is 0 Å². The Bertz CT molecular complexity index is 621. The Balaban J connectivity index is 2.29. The van der Waals surface area contributed by atoms with E-state index in [0.29, 0.717) is 5.75 Å². The Morgan fingerprint density at radius 1 is 1.00 bits per heavy atom. The molecule has 5 nitrogen and oxygen atoms in total. The van der Waals surface area contributed by atoms with Gasteiger partial charge in [0.1, 0.15) is 23.9 Å². The highest BCUT2D eigenvalue weighted by molar-refractivity contribution is 6.12. The molecule has 0 aromatic heterocycles. The van der Waals surface area contributed by atoms with Crippen molar-refractivity contribution in [2.75, 3.05) is 13.2 Å². The largest absolute Gasteiger partial charge is 0.507 e. The molecule has 0 saturated heterocycles. The fraction of sp³-hybridized carbons (Fsp3) is 0.133. The summed E-state index contributed by atoms with van der Waals surface area (Å²) >= 11 is 0. The number of carbonyl (C=O) groups is 1. The van der Waals surface area contributed by atoms with Gasteiger partial charge in [-0.15, -0.1) is 0 Å². The van der Waals surface area contributed by atoms with E-state index in [-0.39, 0.29) is 35.8 Å². The second kappa shape index (κ2) is 6.08. The van der Waals surface area contributed by atoms with Crippen molar-refractivity contribution in [3.05, 3.63) is 53.6 Å². The monoisotopic (exact) mass is 274 g/mol. The summed E-state index contributed by atoms with van der Waals surface area (Å²) in [7, 11) is 0. The molecule has 0 aliphatic carbocycles. The molecular weight excluding hydrogens is 260 g/mol. The van der Waals surface area contributed by atoms with Gasteiger partial charge in [-0.3, -0.25) is 4.79 Å². The third kappa shape index (κ3) is 2.89. The lowest BCUT2D eigenvalue weighted by molar-refractivity contribution is 0.103. The summed E-state index contributed by atoms with van der Waals surface area (Å²) in [6.45, 7) is -0.0362. The Morgan fingerprint density at radius 2 is 1.70 bits per heavy atom. The molecule has 0 spiro atoms. The molecule has 0 heterocycles. The highest BCUT2D eigenvalue weighted by Crippen LogP contribution is 2.28. The van der Waals surface area contributed by atoms with Crippen molar-refractivity contribution in [2.24, 2.45) is 0 Å². The molecule has 2 rings (SSSR count). The maximum Gasteiger partial charge on any atom is 0.200 e. The van der Waals surface area contributed by atoms with E-state index in [0.717, 1.165) is 0 Å². The highest BCUT2D eigenvalue weighted by Gasteiger charge is 2.17. The third-order valence-electron chi connectivity index (χ3n) is 2.72. The van der Waals surface area contributed by atoms with E-state index in [1.165, 1.54) is 30.3 Å². The quantitative estimate of drug-likeness (QED) is 0.722. The predicted molar refractivity (Wildman–Crippen MR) is 72.2 cm³/mol. The first-order valence-corrected chi connectivity index (χ1v) is 6.03. The van der Waals surface area contributed by atoms with Gasteiger partial charge in [-0.25, -0.2) is 0 Å². The van der Waals surface area contributed by atoms with Gasteiger partial charge in [0.15, 0.2) is 5.78 Å². The number of ether oxygens (including phenoxy) is 1. The lowest BCUT2D eigenvalue weighted by Crippen LogP contribution is -2.04. The van der Waals surface area contributed by atoms with Crippen molar-refractivity contribution in [1.82, 2.24) is 0 Å². The summed E-state index contributed by atoms with van der Waals surface area (Å²) in [5, 5.41) is 28.2. The number of aromatic hydroxyl groups is 2. The van der Waals surface area contributed by atoms with E-state index in [4.69, 9.17) is 9.84 Å². The summed E-state index contributed by atoms with van der Waals surface area (Å²) in [5.74, 6) is -0.508. The van der Waals surface area contributed by atoms with E-state index in [1.807, 2.05) is 0 Å². The molecule has 104 valence electrons. The first-order valence-electron chi connectivity index (χ1n) is 6.03. The van der Waals surface area contributed by atoms with Gasteiger partial charge in [0.2, 0.25) is 0 Å². The average molecular weight is 274 g/mol. The molecular formula is C15H14O5. The number of hydrogen-bond acceptors (Lipinski definition) is 5. The van der Waals surface area contributed by atoms with Crippen LogP contribution < -0.4 is 4.74 Å². The summed E-state index contributed by atoms with van der Waals surface area (Å²) in [6, 6.07) is 10.3. The molecule has 0 aliphatic rings. The minimum absolute atomic E-state index is 0.0721. The van der Waals surface area contributed by atoms with Crippen LogP contribution in [0.5, 0.6) is 17.2 Å². The normalized spacial score (nSPS) is 10.2. The van der Waals surface area contributed by atoms with Crippen LogP contribution in [0.3, 0.4) is 0 Å². The first kappa shape index (κ1) is 13.9. The van der Waals surface area contributed by atoms with Crippen LogP contribution in [0.25, 0.3) is 0 Å². The second-order valence-electron chi connectivity index (χ2n) is 4.10. The average Bonchev–Trinajstić information content (AvgIpc) is 2.45. The molecule has 20 heavy (non-hydrogen) atoms. The van der Waals surface area contributed by atoms with Crippen LogP contribution >= 0.6 is 0 Å². The summed E-state index contributed by atoms with van der Waals surface area (Å²) in [4.78, 5) is 12.2. The minimum atomic E-state index is -0.477. The number of phenols is 2. The van der Waals surface area contributed by atoms with Crippen LogP contribution in [0.15, 0.2) is 42.5 Å². The fourth-order valence-corrected chi connectivity index (χ4v) is 1.77. The van der Waals surface area contributed by atoms with Gasteiger partial charge < -0.3 is 20.1 Å². The van der Waals surface area contributed by atoms with E-state index in [1.54, 1.807) is 12.1 Å². The van der Waals surface area contributed by atoms with Crippen molar-refractivity contribution in [3.8, 4) is 17.2 Å². The molecule has 0 bridgehead atoms. The molecule has 0 fully saturated rings. The Kier molecular flexibility index (Phi) is 4.22. The second-order valence-corrected chi connectivity index (χ2v) is 4.10. The minimum Gasteiger partial charge on any atom is -0.507 e. The molecule has 0 radical (unpaired) electrons. The number of aliphatic hydroxyl groups excluding tert-OH is 1. The van der Waals surface area contributed by atoms with Crippen LogP contribution in [0.4, 0.5) is 0 Å². The number of para-hydroxylation sites is 1. The number of ketones is 1. The van der Waals surface area contributed by atoms with Crippen molar-refractivity contribution >= 4 is 5.78 Å². The molecule has 0 saturated carbocycles. The maximum absolute atomic E-state index is 12.2. The standard InChI is InChI=1S/C15H14O5/c16-7-8-20-10-5-6-12(14(18)9-10)15(19)11-3-1-2-4-13(11)17/h1-6,9,16-18H,7-8H2. The summed E-state index contributed by atoms with van der Waals surface area (Å²) in [5.41, 5.74) is 0.190. The lowest BCUT2D eigenvalue weighted by Gasteiger charge is -2.08. The van der Waals surface area contributed by atoms with E-state index in [2.05, 4.69) is 0 Å². The van der Waals surface area contributed by atoms with Gasteiger partial charge in [-0.05, 0) is 24.3 Å². The van der Waals surface area contributed by atoms with Crippen molar-refractivity contribution < 1.29 is 24.9 Å². The molecule has 0 atom stereocenters. The zero-order valence-corrected chi connectivity index (χ0v) is 10.6. The zero-order valence-electron chi connectivity index (χ0n) is 10.6. The number of rotatable bonds is 5. The van der Waals surface area contributed by atoms with Gasteiger partial charge in [0.25, 0.3) is 0 Å². The van der Waals surface area contributed by atoms with Crippen molar-refractivity contribution in [1.29, 1.82) is 0 Å². The highest BCUT2D eigenvalue weighted by atomic mass is 16.5. The Morgan fingerprint density at radius 3 is 2.35 bits per heavy atom. The van der Waals surface area contributed by atoms with Crippen LogP contribution in [0.1, 0.15) is 15.9 Å². The topological polar surface area (TPSA) is 87.0 Å². The van der Waals surface area contributed by atoms with E-state index in [9.17, 15) is 15.0 Å². The molecule has 0 unspecified atom stereocenters. The molecule has 0 aliphatic heterocycles. The van der Waals surface area contributed by atoms with Crippen molar-refractivity contribution in [2.45, 2.75) is 0 Å². The number of carbonyl (C=O) groups excluding carboxylic acids is 1. The summed E-state index contributed by atoms with van der Waals surface area (Å²) in [6.07, 6.45) is 0. The predicted octanol–water partition coefficient (Wildman–Crippen LogP) is 1.70.